The molecule has 34 heavy (non-hydrogen) atoms. The van der Waals surface area contributed by atoms with E-state index in [2.05, 4.69) is 9.97 Å². The predicted molar refractivity (Wildman–Crippen MR) is 131 cm³/mol. The van der Waals surface area contributed by atoms with Crippen LogP contribution in [0.1, 0.15) is 40.9 Å². The molecule has 0 aliphatic heterocycles. The summed E-state index contributed by atoms with van der Waals surface area (Å²) in [7, 11) is -3.98. The smallest absolute Gasteiger partial charge is 0.252 e. The molecule has 0 fully saturated rings. The van der Waals surface area contributed by atoms with Gasteiger partial charge in [0.2, 0.25) is 10.0 Å². The summed E-state index contributed by atoms with van der Waals surface area (Å²) in [5.74, 6) is -0.148. The normalized spacial score (nSPS) is 11.7. The first-order chi connectivity index (χ1) is 16.3. The topological polar surface area (TPSA) is 100 Å². The van der Waals surface area contributed by atoms with Gasteiger partial charge in [0.05, 0.1) is 4.90 Å². The van der Waals surface area contributed by atoms with Gasteiger partial charge < -0.3 is 4.98 Å². The van der Waals surface area contributed by atoms with Gasteiger partial charge in [-0.25, -0.2) is 8.42 Å². The minimum Gasteiger partial charge on any atom is -0.322 e. The van der Waals surface area contributed by atoms with E-state index in [1.807, 2.05) is 25.1 Å². The third kappa shape index (κ3) is 4.98. The molecule has 4 aromatic rings. The SMILES string of the molecule is CCc1ccc2[nH]c(=O)c(CN(Cc3cccnc3)S(=O)(=O)c3ccc(C(C)=O)cc3)cc2c1. The highest BCUT2D eigenvalue weighted by atomic mass is 32.2. The van der Waals surface area contributed by atoms with E-state index in [0.717, 1.165) is 17.4 Å². The molecule has 2 aromatic heterocycles. The Morgan fingerprint density at radius 2 is 1.76 bits per heavy atom. The molecule has 4 rings (SSSR count). The van der Waals surface area contributed by atoms with E-state index in [0.29, 0.717) is 22.2 Å². The van der Waals surface area contributed by atoms with Crippen molar-refractivity contribution in [3.8, 4) is 0 Å². The molecular formula is C26H25N3O4S. The second-order valence-electron chi connectivity index (χ2n) is 8.11. The standard InChI is InChI=1S/C26H25N3O4S/c1-3-19-6-11-25-22(13-19)14-23(26(31)28-25)17-29(16-20-5-4-12-27-15-20)34(32,33)24-9-7-21(8-10-24)18(2)30/h4-15H,3,16-17H2,1-2H3,(H,28,31). The van der Waals surface area contributed by atoms with E-state index in [1.165, 1.54) is 35.5 Å². The lowest BCUT2D eigenvalue weighted by Crippen LogP contribution is -2.32. The fourth-order valence-electron chi connectivity index (χ4n) is 3.76. The van der Waals surface area contributed by atoms with E-state index in [9.17, 15) is 18.0 Å². The molecule has 7 nitrogen and oxygen atoms in total. The van der Waals surface area contributed by atoms with E-state index >= 15 is 0 Å². The summed E-state index contributed by atoms with van der Waals surface area (Å²) in [6.07, 6.45) is 4.06. The Balaban J connectivity index is 1.76. The van der Waals surface area contributed by atoms with Crippen LogP contribution in [0, 0.1) is 0 Å². The van der Waals surface area contributed by atoms with Gasteiger partial charge in [0.1, 0.15) is 0 Å². The number of nitrogens with one attached hydrogen (secondary N) is 1. The summed E-state index contributed by atoms with van der Waals surface area (Å²) < 4.78 is 28.5. The number of carbonyl (C=O) groups is 1. The number of fused-ring (bicyclic) bond motifs is 1. The lowest BCUT2D eigenvalue weighted by atomic mass is 10.1. The number of nitrogens with zero attached hydrogens (tertiary/aromatic N) is 2. The number of hydrogen-bond acceptors (Lipinski definition) is 5. The lowest BCUT2D eigenvalue weighted by molar-refractivity contribution is 0.101. The van der Waals surface area contributed by atoms with Crippen LogP contribution in [0.15, 0.2) is 82.7 Å². The molecule has 1 N–H and O–H groups in total. The van der Waals surface area contributed by atoms with Crippen LogP contribution in [-0.2, 0) is 29.5 Å². The molecule has 2 heterocycles. The van der Waals surface area contributed by atoms with Gasteiger partial charge in [0.25, 0.3) is 5.56 Å². The number of ketones is 1. The van der Waals surface area contributed by atoms with Crippen LogP contribution in [0.5, 0.6) is 0 Å². The van der Waals surface area contributed by atoms with Crippen LogP contribution in [0.2, 0.25) is 0 Å². The van der Waals surface area contributed by atoms with Crippen molar-refractivity contribution < 1.29 is 13.2 Å². The van der Waals surface area contributed by atoms with Gasteiger partial charge in [-0.3, -0.25) is 14.6 Å². The average Bonchev–Trinajstić information content (AvgIpc) is 2.84. The molecule has 0 aliphatic rings. The van der Waals surface area contributed by atoms with Gasteiger partial charge in [-0.1, -0.05) is 31.2 Å². The Kier molecular flexibility index (Phi) is 6.72. The number of aromatic amines is 1. The highest BCUT2D eigenvalue weighted by Gasteiger charge is 2.26. The molecule has 0 aliphatic carbocycles. The van der Waals surface area contributed by atoms with Crippen molar-refractivity contribution in [1.82, 2.24) is 14.3 Å². The number of aryl methyl sites for hydroxylation is 1. The summed E-state index contributed by atoms with van der Waals surface area (Å²) >= 11 is 0. The summed E-state index contributed by atoms with van der Waals surface area (Å²) in [4.78, 5) is 31.4. The highest BCUT2D eigenvalue weighted by molar-refractivity contribution is 7.89. The van der Waals surface area contributed by atoms with Gasteiger partial charge in [-0.15, -0.1) is 0 Å². The molecule has 0 spiro atoms. The molecule has 0 saturated carbocycles. The van der Waals surface area contributed by atoms with E-state index in [-0.39, 0.29) is 29.3 Å². The quantitative estimate of drug-likeness (QED) is 0.387. The first-order valence-electron chi connectivity index (χ1n) is 10.9. The van der Waals surface area contributed by atoms with Gasteiger partial charge >= 0.3 is 0 Å². The molecule has 0 unspecified atom stereocenters. The van der Waals surface area contributed by atoms with Gasteiger partial charge in [0, 0.05) is 42.1 Å². The third-order valence-corrected chi connectivity index (χ3v) is 7.53. The monoisotopic (exact) mass is 475 g/mol. The molecule has 0 bridgehead atoms. The molecule has 174 valence electrons. The number of pyridine rings is 2. The maximum atomic E-state index is 13.6. The second kappa shape index (κ2) is 9.70. The molecular weight excluding hydrogens is 450 g/mol. The van der Waals surface area contributed by atoms with Crippen molar-refractivity contribution in [3.63, 3.8) is 0 Å². The number of hydrogen-bond donors (Lipinski definition) is 1. The molecule has 8 heteroatoms. The number of sulfonamides is 1. The fraction of sp³-hybridized carbons (Fsp3) is 0.192. The minimum atomic E-state index is -3.98. The van der Waals surface area contributed by atoms with Crippen molar-refractivity contribution >= 4 is 26.7 Å². The summed E-state index contributed by atoms with van der Waals surface area (Å²) in [6.45, 7) is 3.39. The van der Waals surface area contributed by atoms with Crippen molar-refractivity contribution in [1.29, 1.82) is 0 Å². The van der Waals surface area contributed by atoms with Gasteiger partial charge in [0.15, 0.2) is 5.78 Å². The first-order valence-corrected chi connectivity index (χ1v) is 12.4. The molecule has 0 saturated heterocycles. The molecule has 0 atom stereocenters. The number of benzene rings is 2. The van der Waals surface area contributed by atoms with Crippen molar-refractivity contribution in [2.75, 3.05) is 0 Å². The number of H-pyrrole nitrogens is 1. The van der Waals surface area contributed by atoms with Gasteiger partial charge in [-0.2, -0.15) is 4.31 Å². The molecule has 0 radical (unpaired) electrons. The maximum absolute atomic E-state index is 13.6. The maximum Gasteiger partial charge on any atom is 0.252 e. The van der Waals surface area contributed by atoms with Crippen molar-refractivity contribution in [3.05, 3.63) is 106 Å². The number of rotatable bonds is 8. The summed E-state index contributed by atoms with van der Waals surface area (Å²) in [5, 5.41) is 0.846. The van der Waals surface area contributed by atoms with Crippen LogP contribution < -0.4 is 5.56 Å². The Morgan fingerprint density at radius 1 is 1.00 bits per heavy atom. The van der Waals surface area contributed by atoms with Crippen LogP contribution in [-0.4, -0.2) is 28.5 Å². The lowest BCUT2D eigenvalue weighted by Gasteiger charge is -2.22. The molecule has 2 aromatic carbocycles. The van der Waals surface area contributed by atoms with E-state index in [1.54, 1.807) is 30.6 Å². The number of carbonyl (C=O) groups excluding carboxylic acids is 1. The van der Waals surface area contributed by atoms with Crippen molar-refractivity contribution in [2.24, 2.45) is 0 Å². The second-order valence-corrected chi connectivity index (χ2v) is 10.1. The zero-order chi connectivity index (χ0) is 24.3. The third-order valence-electron chi connectivity index (χ3n) is 5.72. The highest BCUT2D eigenvalue weighted by Crippen LogP contribution is 2.22. The van der Waals surface area contributed by atoms with Crippen LogP contribution in [0.25, 0.3) is 10.9 Å². The predicted octanol–water partition coefficient (Wildman–Crippen LogP) is 4.08. The summed E-state index contributed by atoms with van der Waals surface area (Å²) in [5.41, 5.74) is 2.94. The Bertz CT molecular complexity index is 1500. The zero-order valence-corrected chi connectivity index (χ0v) is 19.8. The van der Waals surface area contributed by atoms with Crippen LogP contribution >= 0.6 is 0 Å². The van der Waals surface area contributed by atoms with Crippen LogP contribution in [0.3, 0.4) is 0 Å². The number of Topliss-reactive ketones (excluding diaryl/α,β-unsaturated/α-hetero) is 1. The van der Waals surface area contributed by atoms with E-state index in [4.69, 9.17) is 0 Å². The number of aromatic nitrogens is 2. The Labute approximate surface area is 198 Å². The first kappa shape index (κ1) is 23.5. The zero-order valence-electron chi connectivity index (χ0n) is 19.0. The average molecular weight is 476 g/mol. The van der Waals surface area contributed by atoms with Gasteiger partial charge in [-0.05, 0) is 66.3 Å². The Morgan fingerprint density at radius 3 is 2.41 bits per heavy atom. The molecule has 0 amide bonds. The largest absolute Gasteiger partial charge is 0.322 e. The van der Waals surface area contributed by atoms with E-state index < -0.39 is 10.0 Å². The fourth-order valence-corrected chi connectivity index (χ4v) is 5.17. The Hall–Kier alpha value is -3.62. The summed E-state index contributed by atoms with van der Waals surface area (Å²) in [6, 6.07) is 16.9. The van der Waals surface area contributed by atoms with Crippen molar-refractivity contribution in [2.45, 2.75) is 38.3 Å². The van der Waals surface area contributed by atoms with Crippen LogP contribution in [0.4, 0.5) is 0 Å². The minimum absolute atomic E-state index is 0.0388.